The zero-order valence-corrected chi connectivity index (χ0v) is 11.1. The minimum absolute atomic E-state index is 0.0134. The van der Waals surface area contributed by atoms with Crippen LogP contribution in [-0.4, -0.2) is 15.9 Å². The number of aromatic nitrogens is 1. The van der Waals surface area contributed by atoms with E-state index in [1.807, 2.05) is 30.3 Å². The van der Waals surface area contributed by atoms with Crippen molar-refractivity contribution in [3.63, 3.8) is 0 Å². The topological polar surface area (TPSA) is 50.2 Å². The molecule has 0 radical (unpaired) electrons. The molecule has 1 aliphatic carbocycles. The smallest absolute Gasteiger partial charge is 0.200 e. The van der Waals surface area contributed by atoms with E-state index in [2.05, 4.69) is 4.98 Å². The quantitative estimate of drug-likeness (QED) is 0.732. The molecule has 0 amide bonds. The van der Waals surface area contributed by atoms with Crippen molar-refractivity contribution >= 4 is 27.9 Å². The number of rotatable bonds is 1. The predicted octanol–water partition coefficient (Wildman–Crippen LogP) is 3.86. The molecular weight excluding hydrogens is 262 g/mol. The van der Waals surface area contributed by atoms with Crippen molar-refractivity contribution in [1.82, 2.24) is 4.98 Å². The number of hydrogen-bond donors (Lipinski definition) is 1. The Labute approximate surface area is 121 Å². The molecule has 3 nitrogen and oxygen atoms in total. The summed E-state index contributed by atoms with van der Waals surface area (Å²) in [4.78, 5) is 16.9. The van der Waals surface area contributed by atoms with Crippen molar-refractivity contribution in [2.75, 3.05) is 0 Å². The molecule has 0 saturated carbocycles. The van der Waals surface area contributed by atoms with Crippen molar-refractivity contribution in [1.29, 1.82) is 0 Å². The second kappa shape index (κ2) is 4.28. The molecule has 3 aromatic rings. The summed E-state index contributed by atoms with van der Waals surface area (Å²) in [6.07, 6.45) is 1.62. The van der Waals surface area contributed by atoms with Crippen molar-refractivity contribution in [3.8, 4) is 0 Å². The number of nitrogens with zero attached hydrogens (tertiary/aromatic N) is 1. The molecule has 0 atom stereocenters. The van der Waals surface area contributed by atoms with Crippen LogP contribution < -0.4 is 0 Å². The Morgan fingerprint density at radius 1 is 0.905 bits per heavy atom. The maximum absolute atomic E-state index is 12.8. The van der Waals surface area contributed by atoms with E-state index in [1.54, 1.807) is 30.5 Å². The molecule has 3 heteroatoms. The van der Waals surface area contributed by atoms with E-state index in [-0.39, 0.29) is 17.1 Å². The normalized spacial score (nSPS) is 13.8. The zero-order valence-electron chi connectivity index (χ0n) is 11.1. The first-order valence-corrected chi connectivity index (χ1v) is 6.69. The number of carbonyl (C=O) groups is 1. The van der Waals surface area contributed by atoms with E-state index < -0.39 is 0 Å². The van der Waals surface area contributed by atoms with Gasteiger partial charge in [0.1, 0.15) is 5.76 Å². The van der Waals surface area contributed by atoms with Crippen LogP contribution in [-0.2, 0) is 0 Å². The highest BCUT2D eigenvalue weighted by Gasteiger charge is 2.32. The van der Waals surface area contributed by atoms with Crippen LogP contribution in [0.15, 0.2) is 60.8 Å². The van der Waals surface area contributed by atoms with Crippen molar-refractivity contribution in [2.45, 2.75) is 0 Å². The summed E-state index contributed by atoms with van der Waals surface area (Å²) >= 11 is 0. The number of pyridine rings is 1. The molecule has 0 bridgehead atoms. The Bertz CT molecular complexity index is 911. The van der Waals surface area contributed by atoms with Gasteiger partial charge in [-0.3, -0.25) is 9.78 Å². The number of allylic oxidation sites excluding steroid dienone is 1. The van der Waals surface area contributed by atoms with Gasteiger partial charge in [0.15, 0.2) is 5.78 Å². The summed E-state index contributed by atoms with van der Waals surface area (Å²) < 4.78 is 0. The summed E-state index contributed by atoms with van der Waals surface area (Å²) in [6, 6.07) is 16.7. The summed E-state index contributed by atoms with van der Waals surface area (Å²) in [5.74, 6) is -0.155. The highest BCUT2D eigenvalue weighted by atomic mass is 16.3. The van der Waals surface area contributed by atoms with Crippen LogP contribution in [0.25, 0.3) is 22.1 Å². The van der Waals surface area contributed by atoms with Gasteiger partial charge in [-0.05, 0) is 29.0 Å². The Balaban J connectivity index is 2.01. The minimum Gasteiger partial charge on any atom is -0.506 e. The number of fused-ring (bicyclic) bond motifs is 3. The molecule has 4 rings (SSSR count). The van der Waals surface area contributed by atoms with Gasteiger partial charge >= 0.3 is 0 Å². The molecule has 1 N–H and O–H groups in total. The number of aliphatic hydroxyl groups is 1. The highest BCUT2D eigenvalue weighted by Crippen LogP contribution is 2.39. The third-order valence-corrected chi connectivity index (χ3v) is 3.80. The van der Waals surface area contributed by atoms with Gasteiger partial charge < -0.3 is 5.11 Å². The average molecular weight is 273 g/mol. The number of ketones is 1. The molecule has 0 fully saturated rings. The number of hydrogen-bond acceptors (Lipinski definition) is 3. The Hall–Kier alpha value is -2.94. The first-order chi connectivity index (χ1) is 10.3. The number of benzene rings is 2. The van der Waals surface area contributed by atoms with Gasteiger partial charge in [0.2, 0.25) is 0 Å². The maximum atomic E-state index is 12.8. The van der Waals surface area contributed by atoms with E-state index in [4.69, 9.17) is 0 Å². The van der Waals surface area contributed by atoms with Gasteiger partial charge in [0.05, 0.1) is 11.3 Å². The van der Waals surface area contributed by atoms with E-state index in [9.17, 15) is 9.90 Å². The molecule has 21 heavy (non-hydrogen) atoms. The van der Waals surface area contributed by atoms with Gasteiger partial charge in [-0.25, -0.2) is 0 Å². The molecule has 0 spiro atoms. The average Bonchev–Trinajstić information content (AvgIpc) is 2.80. The monoisotopic (exact) mass is 273 g/mol. The van der Waals surface area contributed by atoms with Gasteiger partial charge in [-0.1, -0.05) is 36.4 Å². The van der Waals surface area contributed by atoms with E-state index in [0.29, 0.717) is 16.8 Å². The standard InChI is InChI=1S/C18H11NO2/c20-17-13-9-8-11-5-1-2-6-12(11)15(13)18(21)16(17)14-7-3-4-10-19-14/h1-10,20H. The second-order valence-corrected chi connectivity index (χ2v) is 4.98. The van der Waals surface area contributed by atoms with Crippen molar-refractivity contribution < 1.29 is 9.90 Å². The fourth-order valence-electron chi connectivity index (χ4n) is 2.83. The highest BCUT2D eigenvalue weighted by molar-refractivity contribution is 6.41. The lowest BCUT2D eigenvalue weighted by atomic mass is 9.98. The first-order valence-electron chi connectivity index (χ1n) is 6.69. The lowest BCUT2D eigenvalue weighted by Crippen LogP contribution is -2.00. The number of Topliss-reactive ketones (excluding diaryl/α,β-unsaturated/α-hetero) is 1. The predicted molar refractivity (Wildman–Crippen MR) is 82.0 cm³/mol. The first kappa shape index (κ1) is 11.9. The van der Waals surface area contributed by atoms with Gasteiger partial charge in [0.25, 0.3) is 0 Å². The molecule has 100 valence electrons. The van der Waals surface area contributed by atoms with Crippen LogP contribution in [0.1, 0.15) is 21.6 Å². The SMILES string of the molecule is O=C1C(c2ccccn2)=C(O)c2ccc3ccccc3c21. The molecule has 1 heterocycles. The summed E-state index contributed by atoms with van der Waals surface area (Å²) in [6.45, 7) is 0. The van der Waals surface area contributed by atoms with Crippen molar-refractivity contribution in [2.24, 2.45) is 0 Å². The van der Waals surface area contributed by atoms with Crippen LogP contribution in [0, 0.1) is 0 Å². The molecule has 0 unspecified atom stereocenters. The van der Waals surface area contributed by atoms with Crippen LogP contribution >= 0.6 is 0 Å². The van der Waals surface area contributed by atoms with Crippen LogP contribution in [0.2, 0.25) is 0 Å². The molecule has 0 saturated heterocycles. The molecular formula is C18H11NO2. The summed E-state index contributed by atoms with van der Waals surface area (Å²) in [5.41, 5.74) is 1.92. The van der Waals surface area contributed by atoms with Gasteiger partial charge in [-0.15, -0.1) is 0 Å². The Kier molecular flexibility index (Phi) is 2.42. The lowest BCUT2D eigenvalue weighted by Gasteiger charge is -2.04. The fourth-order valence-corrected chi connectivity index (χ4v) is 2.83. The second-order valence-electron chi connectivity index (χ2n) is 4.98. The maximum Gasteiger partial charge on any atom is 0.200 e. The zero-order chi connectivity index (χ0) is 14.4. The van der Waals surface area contributed by atoms with Gasteiger partial charge in [-0.2, -0.15) is 0 Å². The van der Waals surface area contributed by atoms with E-state index in [1.165, 1.54) is 0 Å². The summed E-state index contributed by atoms with van der Waals surface area (Å²) in [5, 5.41) is 12.3. The number of carbonyl (C=O) groups excluding carboxylic acids is 1. The van der Waals surface area contributed by atoms with Crippen LogP contribution in [0.3, 0.4) is 0 Å². The van der Waals surface area contributed by atoms with E-state index >= 15 is 0 Å². The third kappa shape index (κ3) is 1.61. The molecule has 1 aliphatic rings. The Morgan fingerprint density at radius 2 is 1.71 bits per heavy atom. The Morgan fingerprint density at radius 3 is 2.52 bits per heavy atom. The largest absolute Gasteiger partial charge is 0.506 e. The van der Waals surface area contributed by atoms with Crippen molar-refractivity contribution in [3.05, 3.63) is 77.6 Å². The molecule has 2 aromatic carbocycles. The molecule has 0 aliphatic heterocycles. The number of aliphatic hydroxyl groups excluding tert-OH is 1. The minimum atomic E-state index is -0.169. The van der Waals surface area contributed by atoms with Gasteiger partial charge in [0, 0.05) is 17.3 Å². The lowest BCUT2D eigenvalue weighted by molar-refractivity contribution is 0.106. The van der Waals surface area contributed by atoms with Crippen LogP contribution in [0.4, 0.5) is 0 Å². The fraction of sp³-hybridized carbons (Fsp3) is 0. The van der Waals surface area contributed by atoms with Crippen LogP contribution in [0.5, 0.6) is 0 Å². The summed E-state index contributed by atoms with van der Waals surface area (Å²) in [7, 11) is 0. The third-order valence-electron chi connectivity index (χ3n) is 3.80. The molecule has 1 aromatic heterocycles. The van der Waals surface area contributed by atoms with E-state index in [0.717, 1.165) is 10.8 Å².